The number of ether oxygens (including phenoxy) is 1. The van der Waals surface area contributed by atoms with E-state index in [4.69, 9.17) is 10.5 Å². The highest BCUT2D eigenvalue weighted by molar-refractivity contribution is 5.89. The molecule has 0 bridgehead atoms. The molecule has 0 aromatic heterocycles. The van der Waals surface area contributed by atoms with Crippen LogP contribution in [0.5, 0.6) is 0 Å². The highest BCUT2D eigenvalue weighted by atomic mass is 16.5. The molecule has 0 fully saturated rings. The molecule has 6 nitrogen and oxygen atoms in total. The fraction of sp³-hybridized carbons (Fsp3) is 0.440. The number of nitrogens with zero attached hydrogens (tertiary/aromatic N) is 3. The minimum atomic E-state index is -1.67. The predicted octanol–water partition coefficient (Wildman–Crippen LogP) is 4.34. The number of carbonyl (C=O) groups is 1. The summed E-state index contributed by atoms with van der Waals surface area (Å²) in [5.74, 6) is -0.891. The van der Waals surface area contributed by atoms with Gasteiger partial charge >= 0.3 is 5.97 Å². The molecule has 0 aliphatic heterocycles. The summed E-state index contributed by atoms with van der Waals surface area (Å²) >= 11 is 0. The molecule has 0 saturated carbocycles. The average Bonchev–Trinajstić information content (AvgIpc) is 2.77. The molecule has 0 spiro atoms. The fourth-order valence-corrected chi connectivity index (χ4v) is 4.92. The second-order valence-corrected chi connectivity index (χ2v) is 9.32. The highest BCUT2D eigenvalue weighted by Gasteiger charge is 2.55. The van der Waals surface area contributed by atoms with Crippen LogP contribution >= 0.6 is 0 Å². The van der Waals surface area contributed by atoms with Crippen LogP contribution in [-0.2, 0) is 4.74 Å². The highest BCUT2D eigenvalue weighted by Crippen LogP contribution is 2.57. The maximum Gasteiger partial charge on any atom is 0.337 e. The van der Waals surface area contributed by atoms with Gasteiger partial charge in [-0.3, -0.25) is 0 Å². The first kappa shape index (κ1) is 22.1. The van der Waals surface area contributed by atoms with E-state index >= 15 is 0 Å². The zero-order valence-electron chi connectivity index (χ0n) is 18.3. The standard InChI is InChI=1S/C25H26N4O2/c1-24(2,3)17-9-10-18-19(11-17)21(15-5-7-16(8-6-15)23(30)31-4)25(13-27,14-28)22(29)20(18)12-26/h5-8,10,17,19,21H,9,11,29H2,1-4H3/t17-,19+,21+/m0/s1. The molecule has 2 aliphatic carbocycles. The van der Waals surface area contributed by atoms with E-state index in [9.17, 15) is 20.6 Å². The van der Waals surface area contributed by atoms with Gasteiger partial charge in [-0.25, -0.2) is 4.79 Å². The summed E-state index contributed by atoms with van der Waals surface area (Å²) in [5.41, 5.74) is 6.91. The Morgan fingerprint density at radius 1 is 1.16 bits per heavy atom. The summed E-state index contributed by atoms with van der Waals surface area (Å²) in [4.78, 5) is 11.9. The van der Waals surface area contributed by atoms with Crippen molar-refractivity contribution in [3.63, 3.8) is 0 Å². The molecule has 0 unspecified atom stereocenters. The van der Waals surface area contributed by atoms with Crippen LogP contribution in [0.2, 0.25) is 0 Å². The zero-order valence-corrected chi connectivity index (χ0v) is 18.3. The van der Waals surface area contributed by atoms with Gasteiger partial charge in [-0.05, 0) is 53.4 Å². The predicted molar refractivity (Wildman–Crippen MR) is 115 cm³/mol. The van der Waals surface area contributed by atoms with E-state index in [1.807, 2.05) is 0 Å². The SMILES string of the molecule is COC(=O)c1ccc([C@@H]2[C@@H]3C[C@@H](C(C)(C)C)CC=C3C(C#N)=C(N)C2(C#N)C#N)cc1. The van der Waals surface area contributed by atoms with Gasteiger partial charge in [0, 0.05) is 5.92 Å². The van der Waals surface area contributed by atoms with E-state index in [-0.39, 0.29) is 22.6 Å². The van der Waals surface area contributed by atoms with Crippen LogP contribution in [0.3, 0.4) is 0 Å². The minimum Gasteiger partial charge on any atom is -0.465 e. The van der Waals surface area contributed by atoms with Crippen molar-refractivity contribution in [2.45, 2.75) is 39.5 Å². The first-order valence-corrected chi connectivity index (χ1v) is 10.3. The molecular formula is C25H26N4O2. The van der Waals surface area contributed by atoms with Crippen LogP contribution in [-0.4, -0.2) is 13.1 Å². The molecule has 6 heteroatoms. The smallest absolute Gasteiger partial charge is 0.337 e. The maximum atomic E-state index is 11.9. The second kappa shape index (κ2) is 7.93. The molecule has 3 atom stereocenters. The third kappa shape index (κ3) is 3.47. The van der Waals surface area contributed by atoms with E-state index < -0.39 is 17.3 Å². The van der Waals surface area contributed by atoms with E-state index in [1.54, 1.807) is 24.3 Å². The molecule has 0 saturated heterocycles. The molecular weight excluding hydrogens is 388 g/mol. The van der Waals surface area contributed by atoms with E-state index in [2.05, 4.69) is 45.1 Å². The van der Waals surface area contributed by atoms with Crippen molar-refractivity contribution in [3.05, 3.63) is 58.3 Å². The monoisotopic (exact) mass is 414 g/mol. The third-order valence-corrected chi connectivity index (χ3v) is 6.79. The molecule has 0 radical (unpaired) electrons. The molecule has 1 aromatic rings. The van der Waals surface area contributed by atoms with E-state index in [0.717, 1.165) is 24.0 Å². The van der Waals surface area contributed by atoms with E-state index in [0.29, 0.717) is 11.5 Å². The number of hydrogen-bond acceptors (Lipinski definition) is 6. The van der Waals surface area contributed by atoms with Gasteiger partial charge in [-0.1, -0.05) is 39.0 Å². The lowest BCUT2D eigenvalue weighted by atomic mass is 9.54. The molecule has 2 aliphatic rings. The lowest BCUT2D eigenvalue weighted by molar-refractivity contribution is 0.0600. The molecule has 1 aromatic carbocycles. The average molecular weight is 415 g/mol. The summed E-state index contributed by atoms with van der Waals surface area (Å²) in [6.45, 7) is 6.53. The Morgan fingerprint density at radius 3 is 2.26 bits per heavy atom. The number of esters is 1. The van der Waals surface area contributed by atoms with Crippen LogP contribution in [0.4, 0.5) is 0 Å². The third-order valence-electron chi connectivity index (χ3n) is 6.79. The van der Waals surface area contributed by atoms with Crippen LogP contribution < -0.4 is 5.73 Å². The fourth-order valence-electron chi connectivity index (χ4n) is 4.92. The quantitative estimate of drug-likeness (QED) is 0.718. The molecule has 0 heterocycles. The van der Waals surface area contributed by atoms with Gasteiger partial charge in [0.05, 0.1) is 36.1 Å². The topological polar surface area (TPSA) is 124 Å². The van der Waals surface area contributed by atoms with Gasteiger partial charge < -0.3 is 10.5 Å². The summed E-state index contributed by atoms with van der Waals surface area (Å²) < 4.78 is 4.77. The molecule has 3 rings (SSSR count). The number of nitrogens with two attached hydrogens (primary N) is 1. The summed E-state index contributed by atoms with van der Waals surface area (Å²) in [5, 5.41) is 30.2. The van der Waals surface area contributed by atoms with Crippen molar-refractivity contribution < 1.29 is 9.53 Å². The Morgan fingerprint density at radius 2 is 1.77 bits per heavy atom. The number of fused-ring (bicyclic) bond motifs is 1. The Balaban J connectivity index is 2.24. The lowest BCUT2D eigenvalue weighted by Crippen LogP contribution is -2.44. The van der Waals surface area contributed by atoms with Crippen LogP contribution in [0.15, 0.2) is 47.2 Å². The molecule has 158 valence electrons. The number of methoxy groups -OCH3 is 1. The van der Waals surface area contributed by atoms with Gasteiger partial charge in [-0.15, -0.1) is 0 Å². The Hall–Kier alpha value is -3.56. The zero-order chi connectivity index (χ0) is 23.0. The first-order valence-electron chi connectivity index (χ1n) is 10.3. The van der Waals surface area contributed by atoms with Crippen molar-refractivity contribution in [1.82, 2.24) is 0 Å². The Labute approximate surface area is 183 Å². The van der Waals surface area contributed by atoms with Gasteiger partial charge in [-0.2, -0.15) is 15.8 Å². The number of rotatable bonds is 2. The van der Waals surface area contributed by atoms with Crippen molar-refractivity contribution in [1.29, 1.82) is 15.8 Å². The number of allylic oxidation sites excluding steroid dienone is 4. The van der Waals surface area contributed by atoms with Crippen molar-refractivity contribution >= 4 is 5.97 Å². The second-order valence-electron chi connectivity index (χ2n) is 9.32. The number of benzene rings is 1. The Bertz CT molecular complexity index is 1070. The van der Waals surface area contributed by atoms with Crippen LogP contribution in [0.1, 0.15) is 55.5 Å². The largest absolute Gasteiger partial charge is 0.465 e. The first-order chi connectivity index (χ1) is 14.6. The van der Waals surface area contributed by atoms with Crippen molar-refractivity contribution in [3.8, 4) is 18.2 Å². The van der Waals surface area contributed by atoms with Crippen LogP contribution in [0, 0.1) is 56.7 Å². The molecule has 31 heavy (non-hydrogen) atoms. The van der Waals surface area contributed by atoms with Gasteiger partial charge in [0.2, 0.25) is 0 Å². The summed E-state index contributed by atoms with van der Waals surface area (Å²) in [7, 11) is 1.31. The number of carbonyl (C=O) groups excluding carboxylic acids is 1. The van der Waals surface area contributed by atoms with Gasteiger partial charge in [0.1, 0.15) is 6.07 Å². The molecule has 0 amide bonds. The van der Waals surface area contributed by atoms with Crippen molar-refractivity contribution in [2.75, 3.05) is 7.11 Å². The van der Waals surface area contributed by atoms with Gasteiger partial charge in [0.15, 0.2) is 5.41 Å². The van der Waals surface area contributed by atoms with Crippen molar-refractivity contribution in [2.24, 2.45) is 28.4 Å². The van der Waals surface area contributed by atoms with E-state index in [1.165, 1.54) is 7.11 Å². The lowest BCUT2D eigenvalue weighted by Gasteiger charge is -2.47. The summed E-state index contributed by atoms with van der Waals surface area (Å²) in [6, 6.07) is 13.2. The number of nitriles is 3. The Kier molecular flexibility index (Phi) is 5.66. The normalized spacial score (nSPS) is 24.7. The molecule has 2 N–H and O–H groups in total. The maximum absolute atomic E-state index is 11.9. The van der Waals surface area contributed by atoms with Gasteiger partial charge in [0.25, 0.3) is 0 Å². The summed E-state index contributed by atoms with van der Waals surface area (Å²) in [6.07, 6.45) is 3.61. The van der Waals surface area contributed by atoms with Crippen LogP contribution in [0.25, 0.3) is 0 Å². The minimum absolute atomic E-state index is 0.0127. The number of hydrogen-bond donors (Lipinski definition) is 1.